The quantitative estimate of drug-likeness (QED) is 0.891. The molecule has 1 aliphatic rings. The normalized spacial score (nSPS) is 21.0. The van der Waals surface area contributed by atoms with Gasteiger partial charge in [-0.25, -0.2) is 4.98 Å². The molecule has 2 aromatic rings. The highest BCUT2D eigenvalue weighted by atomic mass is 35.5. The Kier molecular flexibility index (Phi) is 4.65. The third kappa shape index (κ3) is 3.38. The number of aromatic nitrogens is 1. The second kappa shape index (κ2) is 6.40. The number of likely N-dealkylation sites (tertiary alicyclic amines) is 1. The Bertz CT molecular complexity index is 749. The molecule has 1 aromatic carbocycles. The number of hydrogen-bond donors (Lipinski definition) is 1. The molecule has 0 radical (unpaired) electrons. The van der Waals surface area contributed by atoms with Gasteiger partial charge in [-0.15, -0.1) is 11.3 Å². The summed E-state index contributed by atoms with van der Waals surface area (Å²) in [5, 5.41) is 3.60. The van der Waals surface area contributed by atoms with E-state index in [9.17, 15) is 4.79 Å². The second-order valence-corrected chi connectivity index (χ2v) is 7.86. The van der Waals surface area contributed by atoms with Crippen molar-refractivity contribution in [2.45, 2.75) is 13.3 Å². The fourth-order valence-electron chi connectivity index (χ4n) is 2.68. The van der Waals surface area contributed by atoms with Crippen LogP contribution in [0.1, 0.15) is 23.8 Å². The van der Waals surface area contributed by atoms with E-state index in [0.29, 0.717) is 28.8 Å². The number of benzene rings is 1. The number of nitrogens with zero attached hydrogens (tertiary/aromatic N) is 2. The van der Waals surface area contributed by atoms with E-state index >= 15 is 0 Å². The smallest absolute Gasteiger partial charge is 0.273 e. The van der Waals surface area contributed by atoms with Crippen LogP contribution in [0.5, 0.6) is 0 Å². The number of rotatable bonds is 3. The SMILES string of the molecule is CC1(CN)CCN(C(=O)c2csc(-c3ccc(Cl)cc3Cl)n2)C1. The van der Waals surface area contributed by atoms with Gasteiger partial charge >= 0.3 is 0 Å². The van der Waals surface area contributed by atoms with Crippen LogP contribution in [0.25, 0.3) is 10.6 Å². The minimum atomic E-state index is -0.0465. The highest BCUT2D eigenvalue weighted by Crippen LogP contribution is 2.34. The average molecular weight is 370 g/mol. The first-order chi connectivity index (χ1) is 10.9. The highest BCUT2D eigenvalue weighted by Gasteiger charge is 2.35. The number of nitrogens with two attached hydrogens (primary N) is 1. The first-order valence-electron chi connectivity index (χ1n) is 7.32. The van der Waals surface area contributed by atoms with Gasteiger partial charge in [-0.05, 0) is 36.6 Å². The average Bonchev–Trinajstić information content (AvgIpc) is 3.14. The van der Waals surface area contributed by atoms with Crippen molar-refractivity contribution in [2.24, 2.45) is 11.1 Å². The zero-order valence-electron chi connectivity index (χ0n) is 12.7. The minimum absolute atomic E-state index is 0.00794. The Balaban J connectivity index is 1.81. The van der Waals surface area contributed by atoms with E-state index in [-0.39, 0.29) is 11.3 Å². The summed E-state index contributed by atoms with van der Waals surface area (Å²) < 4.78 is 0. The third-order valence-corrected chi connectivity index (χ3v) is 5.65. The number of carbonyl (C=O) groups is 1. The Morgan fingerprint density at radius 2 is 2.26 bits per heavy atom. The minimum Gasteiger partial charge on any atom is -0.337 e. The maximum absolute atomic E-state index is 12.6. The molecule has 2 N–H and O–H groups in total. The molecule has 4 nitrogen and oxygen atoms in total. The van der Waals surface area contributed by atoms with Gasteiger partial charge in [0.05, 0.1) is 5.02 Å². The van der Waals surface area contributed by atoms with Gasteiger partial charge in [-0.2, -0.15) is 0 Å². The van der Waals surface area contributed by atoms with E-state index < -0.39 is 0 Å². The number of thiazole rings is 1. The number of carbonyl (C=O) groups excluding carboxylic acids is 1. The summed E-state index contributed by atoms with van der Waals surface area (Å²) in [6.45, 7) is 4.09. The van der Waals surface area contributed by atoms with E-state index in [2.05, 4.69) is 11.9 Å². The molecule has 0 spiro atoms. The highest BCUT2D eigenvalue weighted by molar-refractivity contribution is 7.13. The van der Waals surface area contributed by atoms with Crippen LogP contribution < -0.4 is 5.73 Å². The van der Waals surface area contributed by atoms with Crippen LogP contribution >= 0.6 is 34.5 Å². The Morgan fingerprint density at radius 1 is 1.48 bits per heavy atom. The molecule has 0 bridgehead atoms. The lowest BCUT2D eigenvalue weighted by Crippen LogP contribution is -2.34. The summed E-state index contributed by atoms with van der Waals surface area (Å²) in [5.74, 6) is -0.0465. The molecule has 3 rings (SSSR count). The maximum Gasteiger partial charge on any atom is 0.273 e. The maximum atomic E-state index is 12.6. The van der Waals surface area contributed by atoms with Gasteiger partial charge < -0.3 is 10.6 Å². The van der Waals surface area contributed by atoms with Crippen molar-refractivity contribution in [1.29, 1.82) is 0 Å². The van der Waals surface area contributed by atoms with Crippen molar-refractivity contribution in [3.63, 3.8) is 0 Å². The molecule has 1 unspecified atom stereocenters. The zero-order chi connectivity index (χ0) is 16.6. The van der Waals surface area contributed by atoms with Gasteiger partial charge in [0, 0.05) is 29.1 Å². The molecular formula is C16H17Cl2N3OS. The molecule has 1 aromatic heterocycles. The second-order valence-electron chi connectivity index (χ2n) is 6.15. The van der Waals surface area contributed by atoms with E-state index in [1.807, 2.05) is 11.0 Å². The van der Waals surface area contributed by atoms with Crippen LogP contribution in [0.3, 0.4) is 0 Å². The summed E-state index contributed by atoms with van der Waals surface area (Å²) in [5.41, 5.74) is 7.05. The third-order valence-electron chi connectivity index (χ3n) is 4.22. The van der Waals surface area contributed by atoms with Crippen LogP contribution in [-0.2, 0) is 0 Å². The largest absolute Gasteiger partial charge is 0.337 e. The van der Waals surface area contributed by atoms with Crippen molar-refractivity contribution in [2.75, 3.05) is 19.6 Å². The molecule has 7 heteroatoms. The van der Waals surface area contributed by atoms with E-state index in [1.165, 1.54) is 11.3 Å². The lowest BCUT2D eigenvalue weighted by molar-refractivity contribution is 0.0772. The van der Waals surface area contributed by atoms with Crippen LogP contribution in [0, 0.1) is 5.41 Å². The van der Waals surface area contributed by atoms with Crippen LogP contribution in [-0.4, -0.2) is 35.4 Å². The van der Waals surface area contributed by atoms with Gasteiger partial charge in [0.2, 0.25) is 0 Å². The first-order valence-corrected chi connectivity index (χ1v) is 8.96. The summed E-state index contributed by atoms with van der Waals surface area (Å²) in [6.07, 6.45) is 0.926. The fraction of sp³-hybridized carbons (Fsp3) is 0.375. The topological polar surface area (TPSA) is 59.2 Å². The van der Waals surface area contributed by atoms with Crippen LogP contribution in [0.4, 0.5) is 0 Å². The molecule has 1 atom stereocenters. The van der Waals surface area contributed by atoms with E-state index in [4.69, 9.17) is 28.9 Å². The molecule has 1 saturated heterocycles. The standard InChI is InChI=1S/C16H17Cl2N3OS/c1-16(8-19)4-5-21(9-16)15(22)13-7-23-14(20-13)11-3-2-10(17)6-12(11)18/h2-3,6-7H,4-5,8-9,19H2,1H3. The van der Waals surface area contributed by atoms with E-state index in [1.54, 1.807) is 17.5 Å². The predicted molar refractivity (Wildman–Crippen MR) is 95.3 cm³/mol. The fourth-order valence-corrected chi connectivity index (χ4v) is 4.07. The summed E-state index contributed by atoms with van der Waals surface area (Å²) in [4.78, 5) is 18.9. The Hall–Kier alpha value is -1.14. The molecule has 2 heterocycles. The van der Waals surface area contributed by atoms with Crippen molar-refractivity contribution in [3.8, 4) is 10.6 Å². The van der Waals surface area contributed by atoms with Gasteiger partial charge in [-0.3, -0.25) is 4.79 Å². The molecule has 122 valence electrons. The van der Waals surface area contributed by atoms with Gasteiger partial charge in [-0.1, -0.05) is 30.1 Å². The van der Waals surface area contributed by atoms with Crippen molar-refractivity contribution >= 4 is 40.4 Å². The lowest BCUT2D eigenvalue weighted by Gasteiger charge is -2.22. The predicted octanol–water partition coefficient (Wildman–Crippen LogP) is 3.93. The molecule has 23 heavy (non-hydrogen) atoms. The molecule has 1 fully saturated rings. The molecule has 1 aliphatic heterocycles. The zero-order valence-corrected chi connectivity index (χ0v) is 15.0. The molecule has 1 amide bonds. The van der Waals surface area contributed by atoms with Gasteiger partial charge in [0.1, 0.15) is 10.7 Å². The number of halogens is 2. The van der Waals surface area contributed by atoms with Gasteiger partial charge in [0.25, 0.3) is 5.91 Å². The van der Waals surface area contributed by atoms with Crippen molar-refractivity contribution in [1.82, 2.24) is 9.88 Å². The monoisotopic (exact) mass is 369 g/mol. The van der Waals surface area contributed by atoms with Crippen molar-refractivity contribution in [3.05, 3.63) is 39.3 Å². The molecular weight excluding hydrogens is 353 g/mol. The Morgan fingerprint density at radius 3 is 2.91 bits per heavy atom. The lowest BCUT2D eigenvalue weighted by atomic mass is 9.90. The summed E-state index contributed by atoms with van der Waals surface area (Å²) >= 11 is 13.5. The summed E-state index contributed by atoms with van der Waals surface area (Å²) in [7, 11) is 0. The molecule has 0 aliphatic carbocycles. The van der Waals surface area contributed by atoms with Gasteiger partial charge in [0.15, 0.2) is 0 Å². The first kappa shape index (κ1) is 16.7. The number of hydrogen-bond acceptors (Lipinski definition) is 4. The van der Waals surface area contributed by atoms with Crippen LogP contribution in [0.2, 0.25) is 10.0 Å². The van der Waals surface area contributed by atoms with Crippen LogP contribution in [0.15, 0.2) is 23.6 Å². The number of amides is 1. The Labute approximate surface area is 149 Å². The van der Waals surface area contributed by atoms with Crippen molar-refractivity contribution < 1.29 is 4.79 Å². The molecule has 0 saturated carbocycles. The summed E-state index contributed by atoms with van der Waals surface area (Å²) in [6, 6.07) is 5.26. The van der Waals surface area contributed by atoms with E-state index in [0.717, 1.165) is 23.5 Å².